The minimum Gasteiger partial charge on any atom is -0.238 e. The van der Waals surface area contributed by atoms with Crippen molar-refractivity contribution in [3.63, 3.8) is 0 Å². The minimum absolute atomic E-state index is 0.613. The summed E-state index contributed by atoms with van der Waals surface area (Å²) >= 11 is 0. The van der Waals surface area contributed by atoms with Crippen molar-refractivity contribution in [1.82, 2.24) is 3.97 Å². The van der Waals surface area contributed by atoms with Crippen LogP contribution in [0.3, 0.4) is 0 Å². The SMILES string of the molecule is Cc1cccn1S(N)(=O)=O. The Morgan fingerprint density at radius 3 is 2.40 bits per heavy atom. The van der Waals surface area contributed by atoms with E-state index in [1.807, 2.05) is 0 Å². The van der Waals surface area contributed by atoms with Crippen molar-refractivity contribution in [3.8, 4) is 0 Å². The van der Waals surface area contributed by atoms with Gasteiger partial charge in [-0.3, -0.25) is 0 Å². The molecule has 10 heavy (non-hydrogen) atoms. The monoisotopic (exact) mass is 160 g/mol. The van der Waals surface area contributed by atoms with Crippen LogP contribution in [0.4, 0.5) is 0 Å². The first-order valence-electron chi connectivity index (χ1n) is 2.69. The van der Waals surface area contributed by atoms with Crippen LogP contribution in [-0.2, 0) is 10.2 Å². The Morgan fingerprint density at radius 2 is 2.20 bits per heavy atom. The zero-order chi connectivity index (χ0) is 7.78. The molecule has 0 saturated heterocycles. The highest BCUT2D eigenvalue weighted by Gasteiger charge is 2.05. The molecule has 2 N–H and O–H groups in total. The molecule has 0 bridgehead atoms. The lowest BCUT2D eigenvalue weighted by molar-refractivity contribution is 0.588. The lowest BCUT2D eigenvalue weighted by atomic mass is 10.5. The molecule has 1 rings (SSSR count). The van der Waals surface area contributed by atoms with Gasteiger partial charge in [-0.15, -0.1) is 0 Å². The van der Waals surface area contributed by atoms with Gasteiger partial charge in [0.05, 0.1) is 0 Å². The smallest absolute Gasteiger partial charge is 0.238 e. The molecule has 0 saturated carbocycles. The highest BCUT2D eigenvalue weighted by molar-refractivity contribution is 7.87. The van der Waals surface area contributed by atoms with Crippen LogP contribution in [0.5, 0.6) is 0 Å². The number of aromatic nitrogens is 1. The standard InChI is InChI=1S/C5H8N2O2S/c1-5-3-2-4-7(5)10(6,8)9/h2-4H,1H3,(H2,6,8,9). The largest absolute Gasteiger partial charge is 0.302 e. The summed E-state index contributed by atoms with van der Waals surface area (Å²) in [5.74, 6) is 0. The van der Waals surface area contributed by atoms with Gasteiger partial charge in [-0.2, -0.15) is 8.42 Å². The zero-order valence-electron chi connectivity index (χ0n) is 5.48. The molecular weight excluding hydrogens is 152 g/mol. The van der Waals surface area contributed by atoms with Gasteiger partial charge in [0.2, 0.25) is 0 Å². The maximum atomic E-state index is 10.7. The molecule has 1 heterocycles. The van der Waals surface area contributed by atoms with Crippen LogP contribution in [-0.4, -0.2) is 12.4 Å². The molecule has 1 aromatic heterocycles. The summed E-state index contributed by atoms with van der Waals surface area (Å²) < 4.78 is 22.3. The van der Waals surface area contributed by atoms with Gasteiger partial charge in [-0.25, -0.2) is 9.11 Å². The summed E-state index contributed by atoms with van der Waals surface area (Å²) in [4.78, 5) is 0. The van der Waals surface area contributed by atoms with Gasteiger partial charge in [0.25, 0.3) is 0 Å². The molecular formula is C5H8N2O2S. The highest BCUT2D eigenvalue weighted by atomic mass is 32.2. The van der Waals surface area contributed by atoms with Crippen molar-refractivity contribution in [3.05, 3.63) is 24.0 Å². The molecule has 0 aliphatic heterocycles. The maximum absolute atomic E-state index is 10.7. The molecule has 4 nitrogen and oxygen atoms in total. The van der Waals surface area contributed by atoms with Gasteiger partial charge >= 0.3 is 10.2 Å². The van der Waals surface area contributed by atoms with Crippen LogP contribution in [0.1, 0.15) is 5.69 Å². The second-order valence-electron chi connectivity index (χ2n) is 1.99. The lowest BCUT2D eigenvalue weighted by Gasteiger charge is -1.99. The molecule has 0 aliphatic carbocycles. The molecule has 56 valence electrons. The Bertz CT molecular complexity index is 325. The second-order valence-corrected chi connectivity index (χ2v) is 3.41. The predicted molar refractivity (Wildman–Crippen MR) is 37.7 cm³/mol. The number of hydrogen-bond donors (Lipinski definition) is 1. The van der Waals surface area contributed by atoms with Gasteiger partial charge < -0.3 is 0 Å². The molecule has 0 fully saturated rings. The van der Waals surface area contributed by atoms with Crippen molar-refractivity contribution in [2.24, 2.45) is 5.14 Å². The predicted octanol–water partition coefficient (Wildman–Crippen LogP) is -0.152. The molecule has 0 aliphatic rings. The Kier molecular flexibility index (Phi) is 1.53. The molecule has 0 aromatic carbocycles. The van der Waals surface area contributed by atoms with Gasteiger partial charge in [-0.05, 0) is 19.1 Å². The first-order valence-corrected chi connectivity index (χ1v) is 4.19. The Morgan fingerprint density at radius 1 is 1.60 bits per heavy atom. The van der Waals surface area contributed by atoms with Crippen molar-refractivity contribution >= 4 is 10.2 Å². The third-order valence-corrected chi connectivity index (χ3v) is 2.14. The van der Waals surface area contributed by atoms with E-state index in [1.165, 1.54) is 6.20 Å². The molecule has 1 aromatic rings. The maximum Gasteiger partial charge on any atom is 0.302 e. The number of rotatable bonds is 1. The van der Waals surface area contributed by atoms with Crippen LogP contribution in [0, 0.1) is 6.92 Å². The molecule has 0 spiro atoms. The fraction of sp³-hybridized carbons (Fsp3) is 0.200. The van der Waals surface area contributed by atoms with Crippen molar-refractivity contribution < 1.29 is 8.42 Å². The molecule has 0 atom stereocenters. The summed E-state index contributed by atoms with van der Waals surface area (Å²) in [6, 6.07) is 3.30. The minimum atomic E-state index is -3.57. The Balaban J connectivity index is 3.32. The van der Waals surface area contributed by atoms with Crippen LogP contribution in [0.25, 0.3) is 0 Å². The molecule has 0 radical (unpaired) electrons. The summed E-state index contributed by atoms with van der Waals surface area (Å²) in [6.07, 6.45) is 1.41. The highest BCUT2D eigenvalue weighted by Crippen LogP contribution is 2.00. The normalized spacial score (nSPS) is 11.8. The van der Waals surface area contributed by atoms with E-state index in [9.17, 15) is 8.42 Å². The number of nitrogens with two attached hydrogens (primary N) is 1. The quantitative estimate of drug-likeness (QED) is 0.620. The number of hydrogen-bond acceptors (Lipinski definition) is 2. The third-order valence-electron chi connectivity index (χ3n) is 1.18. The average Bonchev–Trinajstić information content (AvgIpc) is 2.11. The fourth-order valence-electron chi connectivity index (χ4n) is 0.737. The van der Waals surface area contributed by atoms with E-state index >= 15 is 0 Å². The molecule has 0 amide bonds. The molecule has 0 unspecified atom stereocenters. The zero-order valence-corrected chi connectivity index (χ0v) is 6.30. The van der Waals surface area contributed by atoms with E-state index in [0.29, 0.717) is 5.69 Å². The Hall–Kier alpha value is -0.810. The molecule has 5 heteroatoms. The van der Waals surface area contributed by atoms with Gasteiger partial charge in [0, 0.05) is 11.9 Å². The summed E-state index contributed by atoms with van der Waals surface area (Å²) in [6.45, 7) is 1.67. The third kappa shape index (κ3) is 1.19. The second kappa shape index (κ2) is 2.10. The van der Waals surface area contributed by atoms with Gasteiger partial charge in [0.1, 0.15) is 0 Å². The van der Waals surface area contributed by atoms with Crippen LogP contribution < -0.4 is 5.14 Å². The number of nitrogens with zero attached hydrogens (tertiary/aromatic N) is 1. The summed E-state index contributed by atoms with van der Waals surface area (Å²) in [5.41, 5.74) is 0.613. The lowest BCUT2D eigenvalue weighted by Crippen LogP contribution is -2.21. The van der Waals surface area contributed by atoms with Gasteiger partial charge in [0.15, 0.2) is 0 Å². The van der Waals surface area contributed by atoms with E-state index in [4.69, 9.17) is 5.14 Å². The first kappa shape index (κ1) is 7.30. The van der Waals surface area contributed by atoms with E-state index < -0.39 is 10.2 Å². The Labute approximate surface area is 59.5 Å². The van der Waals surface area contributed by atoms with E-state index in [-0.39, 0.29) is 0 Å². The van der Waals surface area contributed by atoms with Crippen molar-refractivity contribution in [1.29, 1.82) is 0 Å². The van der Waals surface area contributed by atoms with E-state index in [1.54, 1.807) is 19.1 Å². The van der Waals surface area contributed by atoms with Gasteiger partial charge in [-0.1, -0.05) is 0 Å². The summed E-state index contributed by atoms with van der Waals surface area (Å²) in [5, 5.41) is 4.84. The van der Waals surface area contributed by atoms with E-state index in [2.05, 4.69) is 0 Å². The summed E-state index contributed by atoms with van der Waals surface area (Å²) in [7, 11) is -3.57. The van der Waals surface area contributed by atoms with Crippen molar-refractivity contribution in [2.75, 3.05) is 0 Å². The fourth-order valence-corrected chi connectivity index (χ4v) is 1.44. The number of aryl methyl sites for hydroxylation is 1. The first-order chi connectivity index (χ1) is 4.52. The van der Waals surface area contributed by atoms with Crippen LogP contribution in [0.2, 0.25) is 0 Å². The van der Waals surface area contributed by atoms with Crippen LogP contribution in [0.15, 0.2) is 18.3 Å². The van der Waals surface area contributed by atoms with Crippen LogP contribution >= 0.6 is 0 Å². The van der Waals surface area contributed by atoms with E-state index in [0.717, 1.165) is 3.97 Å². The van der Waals surface area contributed by atoms with Crippen molar-refractivity contribution in [2.45, 2.75) is 6.92 Å². The average molecular weight is 160 g/mol. The topological polar surface area (TPSA) is 65.1 Å².